The molecule has 0 saturated carbocycles. The normalized spacial score (nSPS) is 10.5. The zero-order valence-electron chi connectivity index (χ0n) is 12.8. The fourth-order valence-corrected chi connectivity index (χ4v) is 2.26. The van der Waals surface area contributed by atoms with E-state index in [1.165, 1.54) is 0 Å². The van der Waals surface area contributed by atoms with E-state index < -0.39 is 0 Å². The first kappa shape index (κ1) is 14.1. The van der Waals surface area contributed by atoms with Crippen molar-refractivity contribution in [3.63, 3.8) is 0 Å². The van der Waals surface area contributed by atoms with Gasteiger partial charge in [-0.1, -0.05) is 12.1 Å². The van der Waals surface area contributed by atoms with Crippen LogP contribution in [0.2, 0.25) is 0 Å². The largest absolute Gasteiger partial charge is 0.497 e. The van der Waals surface area contributed by atoms with Crippen molar-refractivity contribution in [2.24, 2.45) is 7.05 Å². The molecule has 1 aromatic heterocycles. The Kier molecular flexibility index (Phi) is 3.78. The highest BCUT2D eigenvalue weighted by atomic mass is 16.5. The second kappa shape index (κ2) is 5.89. The number of hydrogen-bond donors (Lipinski definition) is 0. The summed E-state index contributed by atoms with van der Waals surface area (Å²) in [6, 6.07) is 15.5. The number of aryl methyl sites for hydroxylation is 1. The van der Waals surface area contributed by atoms with Gasteiger partial charge < -0.3 is 9.47 Å². The van der Waals surface area contributed by atoms with Crippen LogP contribution in [-0.4, -0.2) is 29.0 Å². The molecule has 0 aliphatic rings. The first-order valence-corrected chi connectivity index (χ1v) is 6.91. The van der Waals surface area contributed by atoms with Crippen LogP contribution < -0.4 is 9.47 Å². The van der Waals surface area contributed by atoms with Crippen molar-refractivity contribution < 1.29 is 9.47 Å². The van der Waals surface area contributed by atoms with Crippen LogP contribution in [0, 0.1) is 0 Å². The minimum Gasteiger partial charge on any atom is -0.497 e. The van der Waals surface area contributed by atoms with E-state index in [0.717, 1.165) is 28.5 Å². The highest BCUT2D eigenvalue weighted by Gasteiger charge is 2.11. The maximum absolute atomic E-state index is 5.26. The maximum atomic E-state index is 5.26. The molecule has 2 aromatic carbocycles. The summed E-state index contributed by atoms with van der Waals surface area (Å²) in [6.07, 6.45) is 0. The van der Waals surface area contributed by atoms with Gasteiger partial charge in [0.05, 0.1) is 14.2 Å². The summed E-state index contributed by atoms with van der Waals surface area (Å²) in [7, 11) is 5.18. The molecular weight excluding hydrogens is 278 g/mol. The molecule has 0 aliphatic carbocycles. The van der Waals surface area contributed by atoms with Crippen LogP contribution in [-0.2, 0) is 7.05 Å². The SMILES string of the molecule is COc1ccc(-c2nc(-c3cccc(OC)c3)n(C)n2)cc1. The lowest BCUT2D eigenvalue weighted by atomic mass is 10.2. The molecule has 0 atom stereocenters. The van der Waals surface area contributed by atoms with E-state index in [1.54, 1.807) is 18.9 Å². The average molecular weight is 295 g/mol. The molecule has 0 saturated heterocycles. The standard InChI is InChI=1S/C17H17N3O2/c1-20-17(13-5-4-6-15(11-13)22-3)18-16(19-20)12-7-9-14(21-2)10-8-12/h4-11H,1-3H3. The molecule has 0 aliphatic heterocycles. The quantitative estimate of drug-likeness (QED) is 0.742. The molecule has 0 unspecified atom stereocenters. The number of hydrogen-bond acceptors (Lipinski definition) is 4. The van der Waals surface area contributed by atoms with Gasteiger partial charge in [-0.3, -0.25) is 0 Å². The molecule has 0 fully saturated rings. The zero-order valence-corrected chi connectivity index (χ0v) is 12.8. The molecule has 0 N–H and O–H groups in total. The van der Waals surface area contributed by atoms with Crippen molar-refractivity contribution >= 4 is 0 Å². The second-order valence-corrected chi connectivity index (χ2v) is 4.84. The summed E-state index contributed by atoms with van der Waals surface area (Å²) in [5.74, 6) is 3.09. The van der Waals surface area contributed by atoms with E-state index in [1.807, 2.05) is 55.6 Å². The number of ether oxygens (including phenoxy) is 2. The van der Waals surface area contributed by atoms with Gasteiger partial charge in [-0.2, -0.15) is 5.10 Å². The maximum Gasteiger partial charge on any atom is 0.181 e. The Hall–Kier alpha value is -2.82. The molecular formula is C17H17N3O2. The lowest BCUT2D eigenvalue weighted by Gasteiger charge is -2.03. The van der Waals surface area contributed by atoms with Crippen LogP contribution in [0.25, 0.3) is 22.8 Å². The topological polar surface area (TPSA) is 49.2 Å². The molecule has 112 valence electrons. The van der Waals surface area contributed by atoms with Gasteiger partial charge in [0.25, 0.3) is 0 Å². The van der Waals surface area contributed by atoms with E-state index in [4.69, 9.17) is 9.47 Å². The van der Waals surface area contributed by atoms with Crippen molar-refractivity contribution in [2.45, 2.75) is 0 Å². The predicted octanol–water partition coefficient (Wildman–Crippen LogP) is 3.17. The Balaban J connectivity index is 1.99. The smallest absolute Gasteiger partial charge is 0.181 e. The Morgan fingerprint density at radius 1 is 0.864 bits per heavy atom. The fourth-order valence-electron chi connectivity index (χ4n) is 2.26. The molecule has 0 bridgehead atoms. The summed E-state index contributed by atoms with van der Waals surface area (Å²) >= 11 is 0. The summed E-state index contributed by atoms with van der Waals surface area (Å²) in [4.78, 5) is 4.64. The van der Waals surface area contributed by atoms with E-state index in [2.05, 4.69) is 10.1 Å². The van der Waals surface area contributed by atoms with E-state index >= 15 is 0 Å². The summed E-state index contributed by atoms with van der Waals surface area (Å²) < 4.78 is 12.2. The Bertz CT molecular complexity index is 779. The number of nitrogens with zero attached hydrogens (tertiary/aromatic N) is 3. The van der Waals surface area contributed by atoms with Gasteiger partial charge in [0, 0.05) is 18.2 Å². The van der Waals surface area contributed by atoms with Crippen LogP contribution in [0.4, 0.5) is 0 Å². The van der Waals surface area contributed by atoms with Crippen LogP contribution in [0.3, 0.4) is 0 Å². The van der Waals surface area contributed by atoms with Crippen molar-refractivity contribution in [1.29, 1.82) is 0 Å². The Morgan fingerprint density at radius 3 is 2.27 bits per heavy atom. The minimum absolute atomic E-state index is 0.683. The van der Waals surface area contributed by atoms with Gasteiger partial charge in [-0.05, 0) is 36.4 Å². The third-order valence-electron chi connectivity index (χ3n) is 3.44. The highest BCUT2D eigenvalue weighted by Crippen LogP contribution is 2.25. The van der Waals surface area contributed by atoms with Crippen LogP contribution in [0.15, 0.2) is 48.5 Å². The van der Waals surface area contributed by atoms with Gasteiger partial charge >= 0.3 is 0 Å². The highest BCUT2D eigenvalue weighted by molar-refractivity contribution is 5.63. The Labute approximate surface area is 129 Å². The number of methoxy groups -OCH3 is 2. The molecule has 1 heterocycles. The predicted molar refractivity (Wildman–Crippen MR) is 85.0 cm³/mol. The molecule has 0 spiro atoms. The zero-order chi connectivity index (χ0) is 15.5. The van der Waals surface area contributed by atoms with Crippen molar-refractivity contribution in [2.75, 3.05) is 14.2 Å². The lowest BCUT2D eigenvalue weighted by molar-refractivity contribution is 0.415. The molecule has 22 heavy (non-hydrogen) atoms. The first-order valence-electron chi connectivity index (χ1n) is 6.91. The Morgan fingerprint density at radius 2 is 1.59 bits per heavy atom. The van der Waals surface area contributed by atoms with Crippen LogP contribution in [0.5, 0.6) is 11.5 Å². The molecule has 0 amide bonds. The monoisotopic (exact) mass is 295 g/mol. The van der Waals surface area contributed by atoms with Crippen LogP contribution in [0.1, 0.15) is 0 Å². The van der Waals surface area contributed by atoms with Crippen LogP contribution >= 0.6 is 0 Å². The van der Waals surface area contributed by atoms with Crippen molar-refractivity contribution in [3.8, 4) is 34.3 Å². The van der Waals surface area contributed by atoms with E-state index in [0.29, 0.717) is 5.82 Å². The van der Waals surface area contributed by atoms with E-state index in [9.17, 15) is 0 Å². The average Bonchev–Trinajstić information content (AvgIpc) is 2.97. The van der Waals surface area contributed by atoms with E-state index in [-0.39, 0.29) is 0 Å². The van der Waals surface area contributed by atoms with Gasteiger partial charge in [-0.25, -0.2) is 9.67 Å². The molecule has 5 heteroatoms. The fraction of sp³-hybridized carbons (Fsp3) is 0.176. The number of rotatable bonds is 4. The summed E-state index contributed by atoms with van der Waals surface area (Å²) in [6.45, 7) is 0. The molecule has 3 rings (SSSR count). The summed E-state index contributed by atoms with van der Waals surface area (Å²) in [5.41, 5.74) is 1.92. The van der Waals surface area contributed by atoms with Gasteiger partial charge in [0.1, 0.15) is 11.5 Å². The second-order valence-electron chi connectivity index (χ2n) is 4.84. The minimum atomic E-state index is 0.683. The number of aromatic nitrogens is 3. The van der Waals surface area contributed by atoms with Gasteiger partial charge in [0.2, 0.25) is 0 Å². The van der Waals surface area contributed by atoms with Gasteiger partial charge in [-0.15, -0.1) is 0 Å². The summed E-state index contributed by atoms with van der Waals surface area (Å²) in [5, 5.41) is 4.49. The van der Waals surface area contributed by atoms with Crippen molar-refractivity contribution in [1.82, 2.24) is 14.8 Å². The number of benzene rings is 2. The van der Waals surface area contributed by atoms with Gasteiger partial charge in [0.15, 0.2) is 11.6 Å². The third kappa shape index (κ3) is 2.65. The lowest BCUT2D eigenvalue weighted by Crippen LogP contribution is -1.94. The molecule has 0 radical (unpaired) electrons. The van der Waals surface area contributed by atoms with Crippen molar-refractivity contribution in [3.05, 3.63) is 48.5 Å². The molecule has 3 aromatic rings. The molecule has 5 nitrogen and oxygen atoms in total. The first-order chi connectivity index (χ1) is 10.7. The third-order valence-corrected chi connectivity index (χ3v) is 3.44.